The van der Waals surface area contributed by atoms with Crippen LogP contribution in [0.5, 0.6) is 0 Å². The van der Waals surface area contributed by atoms with Crippen molar-refractivity contribution in [2.75, 3.05) is 5.32 Å². The zero-order valence-corrected chi connectivity index (χ0v) is 10.3. The van der Waals surface area contributed by atoms with E-state index in [1.807, 2.05) is 6.07 Å². The van der Waals surface area contributed by atoms with Gasteiger partial charge in [0, 0.05) is 12.7 Å². The Morgan fingerprint density at radius 2 is 2.25 bits per heavy atom. The van der Waals surface area contributed by atoms with Gasteiger partial charge in [0.15, 0.2) is 11.6 Å². The molecule has 0 fully saturated rings. The first-order chi connectivity index (χ1) is 9.61. The second-order valence-corrected chi connectivity index (χ2v) is 3.99. The molecule has 2 N–H and O–H groups in total. The van der Waals surface area contributed by atoms with Gasteiger partial charge in [-0.2, -0.15) is 5.26 Å². The van der Waals surface area contributed by atoms with Gasteiger partial charge in [-0.3, -0.25) is 0 Å². The molecule has 6 heteroatoms. The number of pyridine rings is 1. The summed E-state index contributed by atoms with van der Waals surface area (Å²) in [5, 5.41) is 20.3. The normalized spacial score (nSPS) is 9.80. The predicted octanol–water partition coefficient (Wildman–Crippen LogP) is 2.40. The number of nitrogens with one attached hydrogen (secondary N) is 1. The summed E-state index contributed by atoms with van der Waals surface area (Å²) >= 11 is 0. The number of nitriles is 1. The number of carbonyl (C=O) groups is 1. The molecule has 0 aliphatic carbocycles. The van der Waals surface area contributed by atoms with E-state index < -0.39 is 17.3 Å². The second-order valence-electron chi connectivity index (χ2n) is 3.99. The lowest BCUT2D eigenvalue weighted by molar-refractivity contribution is 0.0692. The van der Waals surface area contributed by atoms with Crippen LogP contribution in [0.1, 0.15) is 21.5 Å². The third-order valence-electron chi connectivity index (χ3n) is 2.64. The van der Waals surface area contributed by atoms with Crippen molar-refractivity contribution < 1.29 is 14.3 Å². The number of aromatic nitrogens is 1. The fraction of sp³-hybridized carbons (Fsp3) is 0.0714. The van der Waals surface area contributed by atoms with Crippen molar-refractivity contribution in [3.05, 3.63) is 59.0 Å². The van der Waals surface area contributed by atoms with E-state index in [4.69, 9.17) is 10.4 Å². The van der Waals surface area contributed by atoms with Crippen molar-refractivity contribution in [1.82, 2.24) is 4.98 Å². The largest absolute Gasteiger partial charge is 0.478 e. The molecule has 0 atom stereocenters. The number of nitrogens with zero attached hydrogens (tertiary/aromatic N) is 2. The van der Waals surface area contributed by atoms with Gasteiger partial charge in [0.05, 0.1) is 11.6 Å². The summed E-state index contributed by atoms with van der Waals surface area (Å²) in [5.41, 5.74) is 0.830. The van der Waals surface area contributed by atoms with Crippen LogP contribution in [0.25, 0.3) is 0 Å². The SMILES string of the molecule is N#Cc1cccc(CNc2nccc(C(=O)O)c2F)c1. The van der Waals surface area contributed by atoms with Crippen LogP contribution < -0.4 is 5.32 Å². The van der Waals surface area contributed by atoms with Crippen molar-refractivity contribution in [2.24, 2.45) is 0 Å². The Hall–Kier alpha value is -2.94. The van der Waals surface area contributed by atoms with Crippen molar-refractivity contribution in [3.8, 4) is 6.07 Å². The first-order valence-corrected chi connectivity index (χ1v) is 5.72. The van der Waals surface area contributed by atoms with E-state index in [2.05, 4.69) is 10.3 Å². The van der Waals surface area contributed by atoms with Gasteiger partial charge in [0.1, 0.15) is 5.56 Å². The molecule has 1 aromatic heterocycles. The van der Waals surface area contributed by atoms with Crippen molar-refractivity contribution in [2.45, 2.75) is 6.54 Å². The zero-order chi connectivity index (χ0) is 14.5. The maximum Gasteiger partial charge on any atom is 0.338 e. The number of anilines is 1. The summed E-state index contributed by atoms with van der Waals surface area (Å²) < 4.78 is 13.8. The minimum Gasteiger partial charge on any atom is -0.478 e. The number of aromatic carboxylic acids is 1. The summed E-state index contributed by atoms with van der Waals surface area (Å²) in [6.07, 6.45) is 1.22. The first-order valence-electron chi connectivity index (χ1n) is 5.72. The highest BCUT2D eigenvalue weighted by Crippen LogP contribution is 2.16. The number of rotatable bonds is 4. The van der Waals surface area contributed by atoms with E-state index in [1.165, 1.54) is 6.20 Å². The highest BCUT2D eigenvalue weighted by Gasteiger charge is 2.14. The average molecular weight is 271 g/mol. The summed E-state index contributed by atoms with van der Waals surface area (Å²) in [4.78, 5) is 14.6. The summed E-state index contributed by atoms with van der Waals surface area (Å²) in [5.74, 6) is -2.39. The Labute approximate surface area is 114 Å². The molecule has 0 spiro atoms. The fourth-order valence-electron chi connectivity index (χ4n) is 1.67. The standard InChI is InChI=1S/C14H10FN3O2/c15-12-11(14(19)20)4-5-17-13(12)18-8-10-3-1-2-9(6-10)7-16/h1-6H,8H2,(H,17,18)(H,19,20). The number of benzene rings is 1. The topological polar surface area (TPSA) is 86.0 Å². The van der Waals surface area contributed by atoms with Gasteiger partial charge in [-0.15, -0.1) is 0 Å². The molecule has 0 saturated heterocycles. The van der Waals surface area contributed by atoms with Crippen LogP contribution >= 0.6 is 0 Å². The molecule has 0 aliphatic heterocycles. The van der Waals surface area contributed by atoms with Crippen LogP contribution in [0.2, 0.25) is 0 Å². The van der Waals surface area contributed by atoms with Crippen molar-refractivity contribution in [3.63, 3.8) is 0 Å². The molecule has 1 heterocycles. The van der Waals surface area contributed by atoms with E-state index >= 15 is 0 Å². The number of hydrogen-bond donors (Lipinski definition) is 2. The van der Waals surface area contributed by atoms with E-state index in [0.717, 1.165) is 11.6 Å². The van der Waals surface area contributed by atoms with Crippen LogP contribution in [-0.2, 0) is 6.54 Å². The second kappa shape index (κ2) is 5.80. The smallest absolute Gasteiger partial charge is 0.338 e. The summed E-state index contributed by atoms with van der Waals surface area (Å²) in [7, 11) is 0. The molecule has 0 radical (unpaired) electrons. The van der Waals surface area contributed by atoms with E-state index in [-0.39, 0.29) is 12.4 Å². The minimum atomic E-state index is -1.35. The number of carboxylic acid groups (broad SMARTS) is 1. The molecule has 0 aliphatic rings. The highest BCUT2D eigenvalue weighted by atomic mass is 19.1. The van der Waals surface area contributed by atoms with Crippen molar-refractivity contribution in [1.29, 1.82) is 5.26 Å². The maximum absolute atomic E-state index is 13.8. The lowest BCUT2D eigenvalue weighted by Crippen LogP contribution is -2.08. The number of hydrogen-bond acceptors (Lipinski definition) is 4. The van der Waals surface area contributed by atoms with E-state index in [1.54, 1.807) is 24.3 Å². The van der Waals surface area contributed by atoms with Gasteiger partial charge in [-0.1, -0.05) is 12.1 Å². The molecule has 5 nitrogen and oxygen atoms in total. The van der Waals surface area contributed by atoms with Crippen LogP contribution in [-0.4, -0.2) is 16.1 Å². The third-order valence-corrected chi connectivity index (χ3v) is 2.64. The zero-order valence-electron chi connectivity index (χ0n) is 10.3. The van der Waals surface area contributed by atoms with Crippen LogP contribution in [0, 0.1) is 17.1 Å². The first kappa shape index (κ1) is 13.5. The molecule has 0 amide bonds. The molecular formula is C14H10FN3O2. The Balaban J connectivity index is 2.17. The number of carboxylic acids is 1. The Morgan fingerprint density at radius 3 is 2.95 bits per heavy atom. The predicted molar refractivity (Wildman–Crippen MR) is 69.6 cm³/mol. The molecular weight excluding hydrogens is 261 g/mol. The monoisotopic (exact) mass is 271 g/mol. The van der Waals surface area contributed by atoms with Gasteiger partial charge in [0.25, 0.3) is 0 Å². The Morgan fingerprint density at radius 1 is 1.45 bits per heavy atom. The van der Waals surface area contributed by atoms with Gasteiger partial charge >= 0.3 is 5.97 Å². The summed E-state index contributed by atoms with van der Waals surface area (Å²) in [6, 6.07) is 9.91. The van der Waals surface area contributed by atoms with E-state index in [0.29, 0.717) is 5.56 Å². The lowest BCUT2D eigenvalue weighted by Gasteiger charge is -2.08. The Kier molecular flexibility index (Phi) is 3.91. The van der Waals surface area contributed by atoms with Gasteiger partial charge in [-0.05, 0) is 23.8 Å². The minimum absolute atomic E-state index is 0.132. The fourth-order valence-corrected chi connectivity index (χ4v) is 1.67. The molecule has 2 aromatic rings. The molecule has 20 heavy (non-hydrogen) atoms. The average Bonchev–Trinajstić information content (AvgIpc) is 2.46. The number of halogens is 1. The van der Waals surface area contributed by atoms with Crippen LogP contribution in [0.4, 0.5) is 10.2 Å². The molecule has 0 saturated carbocycles. The molecule has 1 aromatic carbocycles. The molecule has 2 rings (SSSR count). The lowest BCUT2D eigenvalue weighted by atomic mass is 10.1. The van der Waals surface area contributed by atoms with Gasteiger partial charge < -0.3 is 10.4 Å². The van der Waals surface area contributed by atoms with Gasteiger partial charge in [-0.25, -0.2) is 14.2 Å². The maximum atomic E-state index is 13.8. The molecule has 0 bridgehead atoms. The van der Waals surface area contributed by atoms with Crippen LogP contribution in [0.3, 0.4) is 0 Å². The highest BCUT2D eigenvalue weighted by molar-refractivity contribution is 5.88. The molecule has 0 unspecified atom stereocenters. The van der Waals surface area contributed by atoms with E-state index in [9.17, 15) is 9.18 Å². The quantitative estimate of drug-likeness (QED) is 0.891. The Bertz CT molecular complexity index is 695. The van der Waals surface area contributed by atoms with Crippen molar-refractivity contribution >= 4 is 11.8 Å². The van der Waals surface area contributed by atoms with Crippen LogP contribution in [0.15, 0.2) is 36.5 Å². The summed E-state index contributed by atoms with van der Waals surface area (Å²) in [6.45, 7) is 0.239. The molecule has 100 valence electrons. The third kappa shape index (κ3) is 2.90. The van der Waals surface area contributed by atoms with Gasteiger partial charge in [0.2, 0.25) is 0 Å².